The molecule has 10 nitrogen and oxygen atoms in total. The molecular formula is C29H28O10. The standard InChI is InChI=1S/C29H28O10/c1-10-17-14-4-6-35-27(33)29(14)22(37-10)20-15-7-16-19-13(3-5-34-24(19)30)28(15,11(2)38-16)8-12-9-36-25(31)21(18(12)20)23(29)39-26(17)32/h4,8,10-11,15-17,20,22-23,26,32H,3,5-7,9H2,1-2H3/t10-,11+,15-,16+,17-,20-,22-,23+,26-,28+,29+/m0/s1. The summed E-state index contributed by atoms with van der Waals surface area (Å²) in [4.78, 5) is 40.5. The molecule has 39 heavy (non-hydrogen) atoms. The van der Waals surface area contributed by atoms with Gasteiger partial charge in [-0.3, -0.25) is 4.79 Å². The summed E-state index contributed by atoms with van der Waals surface area (Å²) in [7, 11) is 0. The molecule has 0 aromatic heterocycles. The van der Waals surface area contributed by atoms with E-state index in [4.69, 9.17) is 28.4 Å². The molecular weight excluding hydrogens is 508 g/mol. The second-order valence-corrected chi connectivity index (χ2v) is 12.2. The number of cyclic esters (lactones) is 3. The maximum absolute atomic E-state index is 14.0. The average Bonchev–Trinajstić information content (AvgIpc) is 2.90. The van der Waals surface area contributed by atoms with Gasteiger partial charge >= 0.3 is 17.9 Å². The topological polar surface area (TPSA) is 127 Å². The summed E-state index contributed by atoms with van der Waals surface area (Å²) in [5, 5.41) is 11.1. The van der Waals surface area contributed by atoms with Crippen LogP contribution in [0.25, 0.3) is 0 Å². The number of hydrogen-bond acceptors (Lipinski definition) is 10. The van der Waals surface area contributed by atoms with E-state index in [1.54, 1.807) is 0 Å². The van der Waals surface area contributed by atoms with Gasteiger partial charge in [0.15, 0.2) is 6.29 Å². The van der Waals surface area contributed by atoms with Crippen LogP contribution in [0.3, 0.4) is 0 Å². The van der Waals surface area contributed by atoms with Gasteiger partial charge in [-0.25, -0.2) is 9.59 Å². The molecule has 10 heteroatoms. The van der Waals surface area contributed by atoms with E-state index in [1.807, 2.05) is 19.9 Å². The second-order valence-electron chi connectivity index (χ2n) is 12.2. The SMILES string of the molecule is C[C@@H]1O[C@H]2[C@@H]3C4=C(C(=O)OCC4=C[C@@]45C6=C(C(=O)OCC6)[C@@H](C[C@@H]34)O[C@@H]5C)[C@H]3O[C@H](O)[C@@H]1C1=CCOC(=O)[C@@]132. The molecule has 7 aliphatic heterocycles. The Bertz CT molecular complexity index is 1420. The zero-order valence-electron chi connectivity index (χ0n) is 21.5. The van der Waals surface area contributed by atoms with Crippen LogP contribution in [0.5, 0.6) is 0 Å². The lowest BCUT2D eigenvalue weighted by molar-refractivity contribution is -0.298. The van der Waals surface area contributed by atoms with Crippen LogP contribution in [0.2, 0.25) is 0 Å². The summed E-state index contributed by atoms with van der Waals surface area (Å²) in [5.74, 6) is -2.42. The monoisotopic (exact) mass is 536 g/mol. The number of rotatable bonds is 0. The molecule has 0 saturated carbocycles. The third kappa shape index (κ3) is 2.33. The minimum absolute atomic E-state index is 0.0617. The van der Waals surface area contributed by atoms with Gasteiger partial charge in [0.1, 0.15) is 24.7 Å². The van der Waals surface area contributed by atoms with Crippen LogP contribution in [-0.2, 0) is 42.8 Å². The Morgan fingerprint density at radius 1 is 0.949 bits per heavy atom. The molecule has 0 amide bonds. The third-order valence-electron chi connectivity index (χ3n) is 11.1. The van der Waals surface area contributed by atoms with Crippen molar-refractivity contribution in [2.75, 3.05) is 19.8 Å². The first kappa shape index (κ1) is 23.0. The van der Waals surface area contributed by atoms with Gasteiger partial charge in [-0.05, 0) is 54.6 Å². The molecule has 10 rings (SSSR count). The lowest BCUT2D eigenvalue weighted by atomic mass is 9.43. The number of aliphatic hydroxyl groups excluding tert-OH is 1. The van der Waals surface area contributed by atoms with E-state index in [0.29, 0.717) is 25.0 Å². The summed E-state index contributed by atoms with van der Waals surface area (Å²) < 4.78 is 36.2. The number of aliphatic hydroxyl groups is 1. The number of fused-ring (bicyclic) bond motifs is 3. The molecule has 7 heterocycles. The van der Waals surface area contributed by atoms with Crippen LogP contribution >= 0.6 is 0 Å². The maximum atomic E-state index is 14.0. The number of hydrogen-bond donors (Lipinski definition) is 1. The van der Waals surface area contributed by atoms with Crippen LogP contribution in [0.4, 0.5) is 0 Å². The van der Waals surface area contributed by atoms with Gasteiger partial charge in [0.05, 0.1) is 48.1 Å². The van der Waals surface area contributed by atoms with E-state index >= 15 is 0 Å². The van der Waals surface area contributed by atoms with Crippen molar-refractivity contribution in [2.24, 2.45) is 28.6 Å². The van der Waals surface area contributed by atoms with Crippen molar-refractivity contribution < 1.29 is 47.9 Å². The molecule has 3 fully saturated rings. The Morgan fingerprint density at radius 2 is 1.77 bits per heavy atom. The van der Waals surface area contributed by atoms with Gasteiger partial charge in [0, 0.05) is 17.8 Å². The highest BCUT2D eigenvalue weighted by Crippen LogP contribution is 2.70. The predicted octanol–water partition coefficient (Wildman–Crippen LogP) is 1.04. The first-order valence-corrected chi connectivity index (χ1v) is 13.9. The Hall–Kier alpha value is -2.79. The highest BCUT2D eigenvalue weighted by atomic mass is 16.6. The average molecular weight is 537 g/mol. The second kappa shape index (κ2) is 7.09. The highest BCUT2D eigenvalue weighted by molar-refractivity contribution is 5.98. The van der Waals surface area contributed by atoms with Crippen LogP contribution in [0.15, 0.2) is 45.6 Å². The van der Waals surface area contributed by atoms with Gasteiger partial charge in [0.25, 0.3) is 0 Å². The number of esters is 3. The van der Waals surface area contributed by atoms with Crippen molar-refractivity contribution in [1.29, 1.82) is 0 Å². The minimum Gasteiger partial charge on any atom is -0.462 e. The zero-order valence-corrected chi connectivity index (χ0v) is 21.5. The van der Waals surface area contributed by atoms with Gasteiger partial charge in [-0.1, -0.05) is 6.08 Å². The van der Waals surface area contributed by atoms with E-state index in [9.17, 15) is 19.5 Å². The van der Waals surface area contributed by atoms with Crippen LogP contribution < -0.4 is 0 Å². The molecule has 204 valence electrons. The Labute approximate surface area is 223 Å². The van der Waals surface area contributed by atoms with E-state index in [-0.39, 0.29) is 42.7 Å². The van der Waals surface area contributed by atoms with Crippen molar-refractivity contribution in [3.8, 4) is 0 Å². The van der Waals surface area contributed by atoms with Gasteiger partial charge < -0.3 is 33.5 Å². The van der Waals surface area contributed by atoms with Gasteiger partial charge in [0.2, 0.25) is 0 Å². The van der Waals surface area contributed by atoms with Gasteiger partial charge in [-0.2, -0.15) is 0 Å². The van der Waals surface area contributed by atoms with E-state index in [2.05, 4.69) is 6.08 Å². The van der Waals surface area contributed by atoms with Crippen molar-refractivity contribution in [3.05, 3.63) is 45.6 Å². The quantitative estimate of drug-likeness (QED) is 0.273. The van der Waals surface area contributed by atoms with E-state index < -0.39 is 59.4 Å². The fourth-order valence-electron chi connectivity index (χ4n) is 9.87. The Balaban J connectivity index is 1.37. The third-order valence-corrected chi connectivity index (χ3v) is 11.1. The molecule has 4 bridgehead atoms. The molecule has 0 unspecified atom stereocenters. The minimum atomic E-state index is -1.42. The molecule has 3 saturated heterocycles. The van der Waals surface area contributed by atoms with E-state index in [0.717, 1.165) is 22.3 Å². The fourth-order valence-corrected chi connectivity index (χ4v) is 9.87. The maximum Gasteiger partial charge on any atom is 0.337 e. The molecule has 0 aromatic rings. The van der Waals surface area contributed by atoms with Crippen LogP contribution in [-0.4, -0.2) is 79.6 Å². The van der Waals surface area contributed by atoms with Crippen LogP contribution in [0, 0.1) is 28.6 Å². The van der Waals surface area contributed by atoms with Crippen molar-refractivity contribution >= 4 is 17.9 Å². The summed E-state index contributed by atoms with van der Waals surface area (Å²) in [6, 6.07) is 0. The fraction of sp³-hybridized carbons (Fsp3) is 0.621. The first-order valence-electron chi connectivity index (χ1n) is 13.9. The summed E-state index contributed by atoms with van der Waals surface area (Å²) in [5.41, 5.74) is 2.19. The normalized spacial score (nSPS) is 50.4. The molecule has 0 radical (unpaired) electrons. The smallest absolute Gasteiger partial charge is 0.337 e. The van der Waals surface area contributed by atoms with E-state index in [1.165, 1.54) is 0 Å². The molecule has 3 aliphatic carbocycles. The molecule has 1 N–H and O–H groups in total. The number of carbonyl (C=O) groups is 3. The lowest BCUT2D eigenvalue weighted by Crippen LogP contribution is -2.74. The zero-order chi connectivity index (χ0) is 26.6. The molecule has 10 aliphatic rings. The highest BCUT2D eigenvalue weighted by Gasteiger charge is 2.76. The largest absolute Gasteiger partial charge is 0.462 e. The summed E-state index contributed by atoms with van der Waals surface area (Å²) in [6.07, 6.45) is 0.972. The predicted molar refractivity (Wildman–Crippen MR) is 127 cm³/mol. The van der Waals surface area contributed by atoms with Gasteiger partial charge in [-0.15, -0.1) is 0 Å². The summed E-state index contributed by atoms with van der Waals surface area (Å²) >= 11 is 0. The Morgan fingerprint density at radius 3 is 2.62 bits per heavy atom. The number of carbonyl (C=O) groups excluding carboxylic acids is 3. The van der Waals surface area contributed by atoms with Crippen LogP contribution in [0.1, 0.15) is 26.7 Å². The summed E-state index contributed by atoms with van der Waals surface area (Å²) in [6.45, 7) is 4.39. The lowest BCUT2D eigenvalue weighted by Gasteiger charge is -2.67. The van der Waals surface area contributed by atoms with Crippen molar-refractivity contribution in [2.45, 2.75) is 63.5 Å². The molecule has 0 aromatic carbocycles. The first-order chi connectivity index (χ1) is 18.8. The molecule has 2 spiro atoms. The molecule has 11 atom stereocenters. The Kier molecular flexibility index (Phi) is 4.18. The van der Waals surface area contributed by atoms with Crippen molar-refractivity contribution in [1.82, 2.24) is 0 Å². The van der Waals surface area contributed by atoms with Crippen molar-refractivity contribution in [3.63, 3.8) is 0 Å². The number of ether oxygens (including phenoxy) is 6.